The Hall–Kier alpha value is -2.53. The number of nitrogens with one attached hydrogen (secondary N) is 2. The van der Waals surface area contributed by atoms with E-state index in [1.807, 2.05) is 25.1 Å². The Bertz CT molecular complexity index is 807. The van der Waals surface area contributed by atoms with E-state index in [0.717, 1.165) is 17.0 Å². The summed E-state index contributed by atoms with van der Waals surface area (Å²) in [5.74, 6) is 0.510. The molecule has 1 amide bonds. The van der Waals surface area contributed by atoms with E-state index in [1.165, 1.54) is 0 Å². The second-order valence-corrected chi connectivity index (χ2v) is 5.21. The van der Waals surface area contributed by atoms with Crippen LogP contribution >= 0.6 is 11.6 Å². The van der Waals surface area contributed by atoms with Crippen LogP contribution in [0, 0.1) is 6.92 Å². The van der Waals surface area contributed by atoms with Crippen LogP contribution in [-0.2, 0) is 6.54 Å². The van der Waals surface area contributed by atoms with Crippen molar-refractivity contribution in [2.24, 2.45) is 0 Å². The fraction of sp³-hybridized carbons (Fsp3) is 0.125. The summed E-state index contributed by atoms with van der Waals surface area (Å²) in [6.07, 6.45) is 1.60. The number of halogens is 1. The number of hydrogen-bond donors (Lipinski definition) is 2. The molecule has 0 bridgehead atoms. The van der Waals surface area contributed by atoms with E-state index in [4.69, 9.17) is 16.0 Å². The normalized spacial score (nSPS) is 10.6. The maximum atomic E-state index is 12.1. The fourth-order valence-electron chi connectivity index (χ4n) is 2.08. The van der Waals surface area contributed by atoms with Crippen molar-refractivity contribution >= 4 is 17.5 Å². The number of aromatic nitrogens is 2. The first kappa shape index (κ1) is 14.4. The minimum Gasteiger partial charge on any atom is -0.451 e. The highest BCUT2D eigenvalue weighted by atomic mass is 35.5. The molecule has 22 heavy (non-hydrogen) atoms. The number of hydrogen-bond acceptors (Lipinski definition) is 3. The number of amides is 1. The van der Waals surface area contributed by atoms with Gasteiger partial charge in [-0.2, -0.15) is 0 Å². The Morgan fingerprint density at radius 1 is 1.32 bits per heavy atom. The van der Waals surface area contributed by atoms with Crippen molar-refractivity contribution in [1.82, 2.24) is 15.3 Å². The molecule has 6 heteroatoms. The van der Waals surface area contributed by atoms with Crippen LogP contribution in [-0.4, -0.2) is 15.9 Å². The summed E-state index contributed by atoms with van der Waals surface area (Å²) in [6.45, 7) is 2.24. The van der Waals surface area contributed by atoms with Crippen molar-refractivity contribution in [2.75, 3.05) is 0 Å². The van der Waals surface area contributed by atoms with Crippen LogP contribution < -0.4 is 5.32 Å². The Balaban J connectivity index is 1.72. The van der Waals surface area contributed by atoms with Crippen molar-refractivity contribution in [3.8, 4) is 11.3 Å². The zero-order valence-electron chi connectivity index (χ0n) is 11.9. The van der Waals surface area contributed by atoms with Gasteiger partial charge in [-0.1, -0.05) is 23.7 Å². The Morgan fingerprint density at radius 3 is 2.86 bits per heavy atom. The molecule has 0 aliphatic heterocycles. The number of carbonyl (C=O) groups excluding carboxylic acids is 1. The van der Waals surface area contributed by atoms with Crippen LogP contribution in [0.2, 0.25) is 5.02 Å². The predicted molar refractivity (Wildman–Crippen MR) is 83.6 cm³/mol. The predicted octanol–water partition coefficient (Wildman–Crippen LogP) is 3.56. The second kappa shape index (κ2) is 6.07. The number of imidazole rings is 1. The molecule has 2 heterocycles. The number of benzene rings is 1. The first-order valence-corrected chi connectivity index (χ1v) is 7.14. The number of H-pyrrole nitrogens is 1. The van der Waals surface area contributed by atoms with Crippen molar-refractivity contribution in [2.45, 2.75) is 13.5 Å². The summed E-state index contributed by atoms with van der Waals surface area (Å²) in [5.41, 5.74) is 2.48. The molecule has 0 atom stereocenters. The minimum absolute atomic E-state index is 0.239. The quantitative estimate of drug-likeness (QED) is 0.773. The number of aromatic amines is 1. The van der Waals surface area contributed by atoms with E-state index >= 15 is 0 Å². The Kier molecular flexibility index (Phi) is 3.98. The van der Waals surface area contributed by atoms with Gasteiger partial charge in [0.2, 0.25) is 0 Å². The van der Waals surface area contributed by atoms with E-state index in [9.17, 15) is 4.79 Å². The summed E-state index contributed by atoms with van der Waals surface area (Å²) >= 11 is 6.12. The van der Waals surface area contributed by atoms with E-state index in [-0.39, 0.29) is 11.7 Å². The molecule has 5 nitrogen and oxygen atoms in total. The summed E-state index contributed by atoms with van der Waals surface area (Å²) in [4.78, 5) is 19.2. The lowest BCUT2D eigenvalue weighted by atomic mass is 10.2. The SMILES string of the molecule is Cc1[nH]cnc1CNC(=O)c1ccc(-c2ccccc2Cl)o1. The van der Waals surface area contributed by atoms with Gasteiger partial charge in [-0.25, -0.2) is 4.98 Å². The first-order valence-electron chi connectivity index (χ1n) is 6.77. The largest absolute Gasteiger partial charge is 0.451 e. The van der Waals surface area contributed by atoms with Crippen LogP contribution in [0.15, 0.2) is 47.1 Å². The molecule has 112 valence electrons. The average molecular weight is 316 g/mol. The summed E-state index contributed by atoms with van der Waals surface area (Å²) < 4.78 is 5.59. The lowest BCUT2D eigenvalue weighted by Crippen LogP contribution is -2.22. The number of furan rings is 1. The molecule has 0 radical (unpaired) electrons. The maximum Gasteiger partial charge on any atom is 0.287 e. The molecule has 2 aromatic heterocycles. The molecule has 0 aliphatic rings. The number of aryl methyl sites for hydroxylation is 1. The monoisotopic (exact) mass is 315 g/mol. The lowest BCUT2D eigenvalue weighted by molar-refractivity contribution is 0.0923. The third-order valence-electron chi connectivity index (χ3n) is 3.32. The van der Waals surface area contributed by atoms with Crippen molar-refractivity contribution < 1.29 is 9.21 Å². The van der Waals surface area contributed by atoms with Gasteiger partial charge in [0.1, 0.15) is 5.76 Å². The Morgan fingerprint density at radius 2 is 2.14 bits per heavy atom. The summed E-state index contributed by atoms with van der Waals surface area (Å²) in [7, 11) is 0. The molecule has 0 spiro atoms. The van der Waals surface area contributed by atoms with Gasteiger partial charge >= 0.3 is 0 Å². The summed E-state index contributed by atoms with van der Waals surface area (Å²) in [6, 6.07) is 10.7. The summed E-state index contributed by atoms with van der Waals surface area (Å²) in [5, 5.41) is 3.35. The average Bonchev–Trinajstić information content (AvgIpc) is 3.14. The lowest BCUT2D eigenvalue weighted by Gasteiger charge is -2.02. The van der Waals surface area contributed by atoms with Crippen molar-refractivity contribution in [3.63, 3.8) is 0 Å². The number of rotatable bonds is 4. The van der Waals surface area contributed by atoms with Gasteiger partial charge in [-0.15, -0.1) is 0 Å². The molecule has 0 saturated carbocycles. The van der Waals surface area contributed by atoms with Gasteiger partial charge in [-0.3, -0.25) is 4.79 Å². The molecular formula is C16H14ClN3O2. The van der Waals surface area contributed by atoms with Crippen LogP contribution in [0.25, 0.3) is 11.3 Å². The fourth-order valence-corrected chi connectivity index (χ4v) is 2.31. The standard InChI is InChI=1S/C16H14ClN3O2/c1-10-13(20-9-19-10)8-18-16(21)15-7-6-14(22-15)11-4-2-3-5-12(11)17/h2-7,9H,8H2,1H3,(H,18,21)(H,19,20). The molecule has 2 N–H and O–H groups in total. The van der Waals surface area contributed by atoms with Crippen LogP contribution in [0.5, 0.6) is 0 Å². The molecule has 3 aromatic rings. The minimum atomic E-state index is -0.291. The van der Waals surface area contributed by atoms with E-state index in [0.29, 0.717) is 17.3 Å². The second-order valence-electron chi connectivity index (χ2n) is 4.80. The van der Waals surface area contributed by atoms with E-state index in [2.05, 4.69) is 15.3 Å². The smallest absolute Gasteiger partial charge is 0.287 e. The highest BCUT2D eigenvalue weighted by Gasteiger charge is 2.14. The van der Waals surface area contributed by atoms with Gasteiger partial charge in [0.15, 0.2) is 5.76 Å². The Labute approximate surface area is 132 Å². The van der Waals surface area contributed by atoms with Crippen molar-refractivity contribution in [3.05, 3.63) is 64.9 Å². The third kappa shape index (κ3) is 2.89. The highest BCUT2D eigenvalue weighted by molar-refractivity contribution is 6.33. The van der Waals surface area contributed by atoms with Gasteiger partial charge in [-0.05, 0) is 31.2 Å². The highest BCUT2D eigenvalue weighted by Crippen LogP contribution is 2.28. The van der Waals surface area contributed by atoms with Gasteiger partial charge in [0.25, 0.3) is 5.91 Å². The third-order valence-corrected chi connectivity index (χ3v) is 3.65. The number of nitrogens with zero attached hydrogens (tertiary/aromatic N) is 1. The van der Waals surface area contributed by atoms with Gasteiger partial charge in [0, 0.05) is 11.3 Å². The van der Waals surface area contributed by atoms with E-state index < -0.39 is 0 Å². The molecule has 0 aliphatic carbocycles. The van der Waals surface area contributed by atoms with Gasteiger partial charge in [0.05, 0.1) is 23.6 Å². The van der Waals surface area contributed by atoms with E-state index in [1.54, 1.807) is 24.5 Å². The van der Waals surface area contributed by atoms with Gasteiger partial charge < -0.3 is 14.7 Å². The van der Waals surface area contributed by atoms with Crippen molar-refractivity contribution in [1.29, 1.82) is 0 Å². The maximum absolute atomic E-state index is 12.1. The molecule has 0 unspecified atom stereocenters. The molecular weight excluding hydrogens is 302 g/mol. The van der Waals surface area contributed by atoms with Crippen LogP contribution in [0.4, 0.5) is 0 Å². The molecule has 0 fully saturated rings. The molecule has 0 saturated heterocycles. The zero-order chi connectivity index (χ0) is 15.5. The van der Waals surface area contributed by atoms with Crippen LogP contribution in [0.3, 0.4) is 0 Å². The molecule has 3 rings (SSSR count). The topological polar surface area (TPSA) is 70.9 Å². The molecule has 1 aromatic carbocycles. The van der Waals surface area contributed by atoms with Crippen LogP contribution in [0.1, 0.15) is 21.9 Å². The first-order chi connectivity index (χ1) is 10.6. The number of carbonyl (C=O) groups is 1. The zero-order valence-corrected chi connectivity index (χ0v) is 12.6.